The van der Waals surface area contributed by atoms with E-state index in [1.165, 1.54) is 5.56 Å². The molecule has 1 amide bonds. The zero-order valence-corrected chi connectivity index (χ0v) is 18.0. The summed E-state index contributed by atoms with van der Waals surface area (Å²) in [7, 11) is 0. The van der Waals surface area contributed by atoms with Crippen molar-refractivity contribution in [2.24, 2.45) is 0 Å². The van der Waals surface area contributed by atoms with Crippen molar-refractivity contribution in [3.63, 3.8) is 0 Å². The fourth-order valence-corrected chi connectivity index (χ4v) is 3.38. The SMILES string of the molecule is CCOc1ccc(C(=O)Nc2ccc(-c3nc4cc([C@@H](C)CC)ccc4o3)cc2)cc1. The molecule has 4 aromatic rings. The number of oxazole rings is 1. The Bertz CT molecular complexity index is 1180. The van der Waals surface area contributed by atoms with Crippen LogP contribution in [-0.2, 0) is 0 Å². The molecule has 0 fully saturated rings. The van der Waals surface area contributed by atoms with Gasteiger partial charge in [0.1, 0.15) is 11.3 Å². The molecular weight excluding hydrogens is 388 g/mol. The molecular formula is C26H26N2O3. The Kier molecular flexibility index (Phi) is 6.03. The lowest BCUT2D eigenvalue weighted by Crippen LogP contribution is -2.11. The minimum absolute atomic E-state index is 0.171. The van der Waals surface area contributed by atoms with Gasteiger partial charge in [-0.25, -0.2) is 4.98 Å². The van der Waals surface area contributed by atoms with Gasteiger partial charge in [-0.15, -0.1) is 0 Å². The highest BCUT2D eigenvalue weighted by Gasteiger charge is 2.12. The number of ether oxygens (including phenoxy) is 1. The molecule has 0 bridgehead atoms. The van der Waals surface area contributed by atoms with Crippen LogP contribution in [0.25, 0.3) is 22.6 Å². The number of fused-ring (bicyclic) bond motifs is 1. The number of carbonyl (C=O) groups excluding carboxylic acids is 1. The van der Waals surface area contributed by atoms with E-state index < -0.39 is 0 Å². The highest BCUT2D eigenvalue weighted by Crippen LogP contribution is 2.28. The molecule has 0 radical (unpaired) electrons. The summed E-state index contributed by atoms with van der Waals surface area (Å²) in [6.07, 6.45) is 1.08. The Labute approximate surface area is 182 Å². The monoisotopic (exact) mass is 414 g/mol. The Hall–Kier alpha value is -3.60. The fourth-order valence-electron chi connectivity index (χ4n) is 3.38. The zero-order valence-electron chi connectivity index (χ0n) is 18.0. The second-order valence-electron chi connectivity index (χ2n) is 7.54. The summed E-state index contributed by atoms with van der Waals surface area (Å²) >= 11 is 0. The first-order valence-electron chi connectivity index (χ1n) is 10.6. The first-order valence-corrected chi connectivity index (χ1v) is 10.6. The Balaban J connectivity index is 1.48. The second-order valence-corrected chi connectivity index (χ2v) is 7.54. The van der Waals surface area contributed by atoms with Crippen molar-refractivity contribution in [1.82, 2.24) is 4.98 Å². The van der Waals surface area contributed by atoms with Crippen molar-refractivity contribution in [2.75, 3.05) is 11.9 Å². The molecule has 158 valence electrons. The largest absolute Gasteiger partial charge is 0.494 e. The van der Waals surface area contributed by atoms with E-state index in [1.54, 1.807) is 24.3 Å². The van der Waals surface area contributed by atoms with Crippen molar-refractivity contribution in [3.05, 3.63) is 77.9 Å². The van der Waals surface area contributed by atoms with Gasteiger partial charge in [-0.1, -0.05) is 19.9 Å². The molecule has 0 aliphatic carbocycles. The maximum absolute atomic E-state index is 12.5. The van der Waals surface area contributed by atoms with Crippen LogP contribution >= 0.6 is 0 Å². The van der Waals surface area contributed by atoms with Crippen LogP contribution in [0.15, 0.2) is 71.1 Å². The third-order valence-electron chi connectivity index (χ3n) is 5.41. The molecule has 31 heavy (non-hydrogen) atoms. The summed E-state index contributed by atoms with van der Waals surface area (Å²) in [6, 6.07) is 20.8. The lowest BCUT2D eigenvalue weighted by Gasteiger charge is -2.07. The molecule has 0 aliphatic heterocycles. The van der Waals surface area contributed by atoms with Gasteiger partial charge in [0.05, 0.1) is 6.61 Å². The fraction of sp³-hybridized carbons (Fsp3) is 0.231. The smallest absolute Gasteiger partial charge is 0.255 e. The molecule has 5 nitrogen and oxygen atoms in total. The number of rotatable bonds is 7. The zero-order chi connectivity index (χ0) is 21.8. The first kappa shape index (κ1) is 20.7. The summed E-state index contributed by atoms with van der Waals surface area (Å²) in [5, 5.41) is 2.91. The van der Waals surface area contributed by atoms with E-state index in [0.717, 1.165) is 28.8 Å². The summed E-state index contributed by atoms with van der Waals surface area (Å²) in [6.45, 7) is 6.91. The first-order chi connectivity index (χ1) is 15.1. The van der Waals surface area contributed by atoms with Gasteiger partial charge in [-0.05, 0) is 85.5 Å². The summed E-state index contributed by atoms with van der Waals surface area (Å²) < 4.78 is 11.3. The molecule has 0 saturated carbocycles. The maximum Gasteiger partial charge on any atom is 0.255 e. The highest BCUT2D eigenvalue weighted by molar-refractivity contribution is 6.04. The molecule has 3 aromatic carbocycles. The lowest BCUT2D eigenvalue weighted by molar-refractivity contribution is 0.102. The number of hydrogen-bond donors (Lipinski definition) is 1. The van der Waals surface area contributed by atoms with E-state index in [1.807, 2.05) is 37.3 Å². The standard InChI is InChI=1S/C26H26N2O3/c1-4-17(3)20-10-15-24-23(16-20)28-26(31-24)19-6-11-21(12-7-19)27-25(29)18-8-13-22(14-9-18)30-5-2/h6-17H,4-5H2,1-3H3,(H,27,29)/t17-/m0/s1. The highest BCUT2D eigenvalue weighted by atomic mass is 16.5. The number of aromatic nitrogens is 1. The molecule has 0 aliphatic rings. The molecule has 0 spiro atoms. The van der Waals surface area contributed by atoms with E-state index >= 15 is 0 Å². The molecule has 1 heterocycles. The Morgan fingerprint density at radius 1 is 1.03 bits per heavy atom. The van der Waals surface area contributed by atoms with Crippen LogP contribution in [0.3, 0.4) is 0 Å². The molecule has 5 heteroatoms. The van der Waals surface area contributed by atoms with Crippen molar-refractivity contribution < 1.29 is 13.9 Å². The Morgan fingerprint density at radius 3 is 2.45 bits per heavy atom. The number of nitrogens with one attached hydrogen (secondary N) is 1. The minimum atomic E-state index is -0.171. The average Bonchev–Trinajstić information content (AvgIpc) is 3.23. The lowest BCUT2D eigenvalue weighted by atomic mass is 9.98. The van der Waals surface area contributed by atoms with Crippen LogP contribution in [0.2, 0.25) is 0 Å². The average molecular weight is 415 g/mol. The Morgan fingerprint density at radius 2 is 1.77 bits per heavy atom. The third kappa shape index (κ3) is 4.61. The van der Waals surface area contributed by atoms with Crippen LogP contribution < -0.4 is 10.1 Å². The van der Waals surface area contributed by atoms with Gasteiger partial charge < -0.3 is 14.5 Å². The summed E-state index contributed by atoms with van der Waals surface area (Å²) in [5.41, 5.74) is 5.04. The summed E-state index contributed by atoms with van der Waals surface area (Å²) in [4.78, 5) is 17.1. The van der Waals surface area contributed by atoms with Crippen LogP contribution in [0.5, 0.6) is 5.75 Å². The number of nitrogens with zero attached hydrogens (tertiary/aromatic N) is 1. The van der Waals surface area contributed by atoms with Crippen LogP contribution in [0.1, 0.15) is 49.0 Å². The second kappa shape index (κ2) is 9.04. The molecule has 1 N–H and O–H groups in total. The van der Waals surface area contributed by atoms with E-state index in [0.29, 0.717) is 29.7 Å². The van der Waals surface area contributed by atoms with Crippen LogP contribution in [0.4, 0.5) is 5.69 Å². The maximum atomic E-state index is 12.5. The number of hydrogen-bond acceptors (Lipinski definition) is 4. The van der Waals surface area contributed by atoms with Gasteiger partial charge in [0.15, 0.2) is 5.58 Å². The molecule has 1 atom stereocenters. The van der Waals surface area contributed by atoms with Gasteiger partial charge in [0, 0.05) is 16.8 Å². The van der Waals surface area contributed by atoms with E-state index in [-0.39, 0.29) is 5.91 Å². The number of amides is 1. The molecule has 0 unspecified atom stereocenters. The number of carbonyl (C=O) groups is 1. The molecule has 0 saturated heterocycles. The van der Waals surface area contributed by atoms with Crippen molar-refractivity contribution in [1.29, 1.82) is 0 Å². The quantitative estimate of drug-likeness (QED) is 0.367. The van der Waals surface area contributed by atoms with Crippen molar-refractivity contribution in [2.45, 2.75) is 33.1 Å². The van der Waals surface area contributed by atoms with Gasteiger partial charge in [-0.2, -0.15) is 0 Å². The van der Waals surface area contributed by atoms with E-state index in [9.17, 15) is 4.79 Å². The predicted molar refractivity (Wildman–Crippen MR) is 124 cm³/mol. The predicted octanol–water partition coefficient (Wildman–Crippen LogP) is 6.66. The molecule has 1 aromatic heterocycles. The van der Waals surface area contributed by atoms with Crippen LogP contribution in [0, 0.1) is 0 Å². The van der Waals surface area contributed by atoms with Gasteiger partial charge in [-0.3, -0.25) is 4.79 Å². The van der Waals surface area contributed by atoms with E-state index in [4.69, 9.17) is 9.15 Å². The van der Waals surface area contributed by atoms with Gasteiger partial charge in [0.25, 0.3) is 5.91 Å². The van der Waals surface area contributed by atoms with Gasteiger partial charge in [0.2, 0.25) is 5.89 Å². The summed E-state index contributed by atoms with van der Waals surface area (Å²) in [5.74, 6) is 1.64. The van der Waals surface area contributed by atoms with Crippen LogP contribution in [-0.4, -0.2) is 17.5 Å². The van der Waals surface area contributed by atoms with Crippen molar-refractivity contribution >= 4 is 22.7 Å². The topological polar surface area (TPSA) is 64.4 Å². The minimum Gasteiger partial charge on any atom is -0.494 e. The third-order valence-corrected chi connectivity index (χ3v) is 5.41. The number of anilines is 1. The normalized spacial score (nSPS) is 12.0. The van der Waals surface area contributed by atoms with Crippen molar-refractivity contribution in [3.8, 4) is 17.2 Å². The molecule has 4 rings (SSSR count). The number of benzene rings is 3. The van der Waals surface area contributed by atoms with E-state index in [2.05, 4.69) is 36.3 Å². The van der Waals surface area contributed by atoms with Gasteiger partial charge >= 0.3 is 0 Å².